The molecule has 1 aliphatic rings. The maximum absolute atomic E-state index is 12.6. The van der Waals surface area contributed by atoms with Crippen LogP contribution in [0, 0.1) is 0 Å². The Bertz CT molecular complexity index is 1150. The van der Waals surface area contributed by atoms with Crippen molar-refractivity contribution in [3.63, 3.8) is 0 Å². The second-order valence-corrected chi connectivity index (χ2v) is 8.29. The standard InChI is InChI=1S/C21H22N8O2S/c30-19(28-10-12-29(13-11-28)20-22-8-3-9-23-20)14-32-21-27-26-18(31-21)7-6-17-24-15-4-1-2-5-16(15)25-17/h1-5,8-9H,6-7,10-14H2,(H,24,25). The van der Waals surface area contributed by atoms with E-state index in [0.717, 1.165) is 16.9 Å². The van der Waals surface area contributed by atoms with Gasteiger partial charge in [-0.25, -0.2) is 15.0 Å². The molecule has 0 aliphatic carbocycles. The lowest BCUT2D eigenvalue weighted by Gasteiger charge is -2.34. The van der Waals surface area contributed by atoms with Gasteiger partial charge in [-0.15, -0.1) is 10.2 Å². The van der Waals surface area contributed by atoms with E-state index in [9.17, 15) is 4.79 Å². The van der Waals surface area contributed by atoms with Crippen molar-refractivity contribution in [2.75, 3.05) is 36.8 Å². The summed E-state index contributed by atoms with van der Waals surface area (Å²) >= 11 is 1.27. The number of amides is 1. The zero-order chi connectivity index (χ0) is 21.8. The monoisotopic (exact) mass is 450 g/mol. The summed E-state index contributed by atoms with van der Waals surface area (Å²) < 4.78 is 5.70. The van der Waals surface area contributed by atoms with Crippen molar-refractivity contribution in [2.24, 2.45) is 0 Å². The van der Waals surface area contributed by atoms with Crippen LogP contribution in [0.25, 0.3) is 11.0 Å². The lowest BCUT2D eigenvalue weighted by molar-refractivity contribution is -0.128. The molecule has 1 amide bonds. The number of benzene rings is 1. The van der Waals surface area contributed by atoms with Crippen molar-refractivity contribution in [3.05, 3.63) is 54.4 Å². The maximum atomic E-state index is 12.6. The van der Waals surface area contributed by atoms with E-state index in [2.05, 4.69) is 35.0 Å². The molecule has 32 heavy (non-hydrogen) atoms. The summed E-state index contributed by atoms with van der Waals surface area (Å²) in [6.45, 7) is 2.72. The van der Waals surface area contributed by atoms with Gasteiger partial charge in [0.15, 0.2) is 0 Å². The van der Waals surface area contributed by atoms with Crippen molar-refractivity contribution in [1.82, 2.24) is 35.0 Å². The van der Waals surface area contributed by atoms with Gasteiger partial charge in [0.2, 0.25) is 17.7 Å². The molecule has 3 aromatic heterocycles. The Labute approximate surface area is 188 Å². The average Bonchev–Trinajstić information content (AvgIpc) is 3.48. The quantitative estimate of drug-likeness (QED) is 0.422. The fourth-order valence-electron chi connectivity index (χ4n) is 3.57. The highest BCUT2D eigenvalue weighted by atomic mass is 32.2. The highest BCUT2D eigenvalue weighted by molar-refractivity contribution is 7.99. The number of aryl methyl sites for hydroxylation is 2. The van der Waals surface area contributed by atoms with Gasteiger partial charge in [-0.1, -0.05) is 23.9 Å². The van der Waals surface area contributed by atoms with Crippen LogP contribution in [0.15, 0.2) is 52.4 Å². The smallest absolute Gasteiger partial charge is 0.277 e. The molecule has 0 radical (unpaired) electrons. The van der Waals surface area contributed by atoms with Gasteiger partial charge < -0.3 is 19.2 Å². The summed E-state index contributed by atoms with van der Waals surface area (Å²) in [6.07, 6.45) is 4.72. The molecular weight excluding hydrogens is 428 g/mol. The van der Waals surface area contributed by atoms with Crippen LogP contribution in [-0.2, 0) is 17.6 Å². The highest BCUT2D eigenvalue weighted by Gasteiger charge is 2.23. The number of nitrogens with one attached hydrogen (secondary N) is 1. The van der Waals surface area contributed by atoms with Crippen LogP contribution in [-0.4, -0.2) is 72.9 Å². The van der Waals surface area contributed by atoms with E-state index in [1.165, 1.54) is 11.8 Å². The minimum absolute atomic E-state index is 0.0608. The van der Waals surface area contributed by atoms with Crippen LogP contribution in [0.2, 0.25) is 0 Å². The number of thioether (sulfide) groups is 1. The Balaban J connectivity index is 1.08. The number of imidazole rings is 1. The molecule has 0 unspecified atom stereocenters. The van der Waals surface area contributed by atoms with Gasteiger partial charge in [-0.05, 0) is 18.2 Å². The van der Waals surface area contributed by atoms with E-state index >= 15 is 0 Å². The summed E-state index contributed by atoms with van der Waals surface area (Å²) in [7, 11) is 0. The number of hydrogen-bond acceptors (Lipinski definition) is 9. The number of hydrogen-bond donors (Lipinski definition) is 1. The summed E-state index contributed by atoms with van der Waals surface area (Å²) in [5.41, 5.74) is 1.96. The zero-order valence-corrected chi connectivity index (χ0v) is 18.2. The number of aromatic nitrogens is 6. The lowest BCUT2D eigenvalue weighted by atomic mass is 10.3. The van der Waals surface area contributed by atoms with E-state index in [4.69, 9.17) is 4.42 Å². The molecule has 1 N–H and O–H groups in total. The third-order valence-electron chi connectivity index (χ3n) is 5.25. The van der Waals surface area contributed by atoms with Crippen LogP contribution in [0.3, 0.4) is 0 Å². The van der Waals surface area contributed by atoms with E-state index in [1.807, 2.05) is 29.2 Å². The number of aromatic amines is 1. The van der Waals surface area contributed by atoms with Crippen LogP contribution in [0.5, 0.6) is 0 Å². The summed E-state index contributed by atoms with van der Waals surface area (Å²) in [5, 5.41) is 8.57. The van der Waals surface area contributed by atoms with E-state index in [-0.39, 0.29) is 11.7 Å². The Hall–Kier alpha value is -3.47. The van der Waals surface area contributed by atoms with Crippen LogP contribution >= 0.6 is 11.8 Å². The third kappa shape index (κ3) is 4.72. The third-order valence-corrected chi connectivity index (χ3v) is 6.05. The van der Waals surface area contributed by atoms with Crippen molar-refractivity contribution in [1.29, 1.82) is 0 Å². The first-order valence-electron chi connectivity index (χ1n) is 10.4. The van der Waals surface area contributed by atoms with E-state index in [1.54, 1.807) is 18.5 Å². The number of carbonyl (C=O) groups excluding carboxylic acids is 1. The molecule has 0 spiro atoms. The molecule has 1 saturated heterocycles. The number of fused-ring (bicyclic) bond motifs is 1. The molecule has 4 aromatic rings. The Morgan fingerprint density at radius 1 is 1.03 bits per heavy atom. The SMILES string of the molecule is O=C(CSc1nnc(CCc2nc3ccccc3[nH]2)o1)N1CCN(c2ncccn2)CC1. The van der Waals surface area contributed by atoms with Gasteiger partial charge in [0.25, 0.3) is 5.22 Å². The Kier molecular flexibility index (Phi) is 5.97. The maximum Gasteiger partial charge on any atom is 0.277 e. The molecule has 10 nitrogen and oxygen atoms in total. The fourth-order valence-corrected chi connectivity index (χ4v) is 4.26. The number of anilines is 1. The molecule has 1 fully saturated rings. The number of rotatable bonds is 7. The molecule has 11 heteroatoms. The number of piperazine rings is 1. The van der Waals surface area contributed by atoms with Gasteiger partial charge in [-0.3, -0.25) is 4.79 Å². The van der Waals surface area contributed by atoms with E-state index in [0.29, 0.717) is 56.1 Å². The highest BCUT2D eigenvalue weighted by Crippen LogP contribution is 2.19. The Morgan fingerprint density at radius 3 is 2.66 bits per heavy atom. The average molecular weight is 451 g/mol. The molecule has 0 saturated carbocycles. The molecule has 0 atom stereocenters. The summed E-state index contributed by atoms with van der Waals surface area (Å²) in [6, 6.07) is 9.71. The first-order chi connectivity index (χ1) is 15.7. The van der Waals surface area contributed by atoms with Crippen molar-refractivity contribution < 1.29 is 9.21 Å². The van der Waals surface area contributed by atoms with Gasteiger partial charge >= 0.3 is 0 Å². The van der Waals surface area contributed by atoms with Crippen LogP contribution in [0.1, 0.15) is 11.7 Å². The molecule has 164 valence electrons. The predicted octanol–water partition coefficient (Wildman–Crippen LogP) is 1.96. The molecular formula is C21H22N8O2S. The van der Waals surface area contributed by atoms with E-state index < -0.39 is 0 Å². The summed E-state index contributed by atoms with van der Waals surface area (Å²) in [4.78, 5) is 32.9. The fraction of sp³-hybridized carbons (Fsp3) is 0.333. The number of para-hydroxylation sites is 2. The lowest BCUT2D eigenvalue weighted by Crippen LogP contribution is -2.49. The topological polar surface area (TPSA) is 117 Å². The van der Waals surface area contributed by atoms with Crippen molar-refractivity contribution >= 4 is 34.7 Å². The number of nitrogens with zero attached hydrogens (tertiary/aromatic N) is 7. The van der Waals surface area contributed by atoms with Gasteiger partial charge in [0, 0.05) is 51.4 Å². The summed E-state index contributed by atoms with van der Waals surface area (Å²) in [5.74, 6) is 2.46. The van der Waals surface area contributed by atoms with Crippen LogP contribution in [0.4, 0.5) is 5.95 Å². The van der Waals surface area contributed by atoms with Gasteiger partial charge in [-0.2, -0.15) is 0 Å². The number of H-pyrrole nitrogens is 1. The second-order valence-electron chi connectivity index (χ2n) is 7.37. The molecule has 1 aliphatic heterocycles. The van der Waals surface area contributed by atoms with Crippen molar-refractivity contribution in [2.45, 2.75) is 18.1 Å². The van der Waals surface area contributed by atoms with Crippen molar-refractivity contribution in [3.8, 4) is 0 Å². The first-order valence-corrected chi connectivity index (χ1v) is 11.4. The zero-order valence-electron chi connectivity index (χ0n) is 17.3. The molecule has 4 heterocycles. The minimum Gasteiger partial charge on any atom is -0.416 e. The number of carbonyl (C=O) groups is 1. The Morgan fingerprint density at radius 2 is 1.84 bits per heavy atom. The predicted molar refractivity (Wildman–Crippen MR) is 119 cm³/mol. The largest absolute Gasteiger partial charge is 0.416 e. The molecule has 0 bridgehead atoms. The van der Waals surface area contributed by atoms with Gasteiger partial charge in [0.1, 0.15) is 5.82 Å². The normalized spacial score (nSPS) is 14.2. The minimum atomic E-state index is 0.0608. The molecule has 5 rings (SSSR count). The van der Waals surface area contributed by atoms with Crippen LogP contribution < -0.4 is 4.90 Å². The molecule has 1 aromatic carbocycles. The first kappa shape index (κ1) is 20.4. The van der Waals surface area contributed by atoms with Gasteiger partial charge in [0.05, 0.1) is 16.8 Å². The second kappa shape index (κ2) is 9.35.